The van der Waals surface area contributed by atoms with Crippen LogP contribution in [0.2, 0.25) is 0 Å². The third kappa shape index (κ3) is 4.63. The Balaban J connectivity index is 1.41. The number of benzene rings is 3. The van der Waals surface area contributed by atoms with Gasteiger partial charge in [0.15, 0.2) is 0 Å². The summed E-state index contributed by atoms with van der Waals surface area (Å²) in [5.74, 6) is -0.781. The second kappa shape index (κ2) is 9.53. The molecule has 1 aromatic heterocycles. The van der Waals surface area contributed by atoms with Crippen LogP contribution in [0.4, 0.5) is 11.4 Å². The van der Waals surface area contributed by atoms with Crippen molar-refractivity contribution in [1.82, 2.24) is 9.99 Å². The number of hydrogen-bond donors (Lipinski definition) is 2. The van der Waals surface area contributed by atoms with Crippen LogP contribution in [-0.2, 0) is 11.3 Å². The zero-order valence-electron chi connectivity index (χ0n) is 18.7. The number of nitrogens with one attached hydrogen (secondary N) is 2. The van der Waals surface area contributed by atoms with Crippen molar-refractivity contribution in [2.75, 3.05) is 5.32 Å². The number of carbonyl (C=O) groups is 2. The maximum atomic E-state index is 12.5. The lowest BCUT2D eigenvalue weighted by Gasteiger charge is -2.07. The highest BCUT2D eigenvalue weighted by atomic mass is 16.6. The first-order chi connectivity index (χ1) is 16.4. The molecule has 0 spiro atoms. The highest BCUT2D eigenvalue weighted by molar-refractivity contribution is 6.11. The Morgan fingerprint density at radius 3 is 2.41 bits per heavy atom. The summed E-state index contributed by atoms with van der Waals surface area (Å²) in [6, 6.07) is 19.2. The van der Waals surface area contributed by atoms with E-state index in [2.05, 4.69) is 39.5 Å². The lowest BCUT2D eigenvalue weighted by atomic mass is 10.1. The predicted octanol–water partition coefficient (Wildman–Crippen LogP) is 4.86. The summed E-state index contributed by atoms with van der Waals surface area (Å²) < 4.78 is 2.24. The predicted molar refractivity (Wildman–Crippen MR) is 132 cm³/mol. The number of carbonyl (C=O) groups excluding carboxylic acids is 2. The number of nitro benzene ring substituents is 1. The first-order valence-electron chi connectivity index (χ1n) is 10.8. The molecule has 0 radical (unpaired) electrons. The lowest BCUT2D eigenvalue weighted by Crippen LogP contribution is -2.21. The zero-order chi connectivity index (χ0) is 24.2. The maximum absolute atomic E-state index is 12.5. The van der Waals surface area contributed by atoms with Crippen LogP contribution in [0.3, 0.4) is 0 Å². The SMILES string of the molecule is CCn1c2ccccc2c2cc(NC(=O)C/C(C)=N/NC(=O)c3ccc([N+](=O)[O-])cc3)ccc21. The Labute approximate surface area is 195 Å². The Morgan fingerprint density at radius 1 is 1.00 bits per heavy atom. The molecule has 0 bridgehead atoms. The third-order valence-corrected chi connectivity index (χ3v) is 5.48. The molecule has 4 rings (SSSR count). The van der Waals surface area contributed by atoms with E-state index >= 15 is 0 Å². The van der Waals surface area contributed by atoms with Gasteiger partial charge in [0, 0.05) is 57.4 Å². The molecule has 2 N–H and O–H groups in total. The number of hydrazone groups is 1. The average molecular weight is 457 g/mol. The number of fused-ring (bicyclic) bond motifs is 3. The number of amides is 2. The van der Waals surface area contributed by atoms with Gasteiger partial charge in [-0.1, -0.05) is 18.2 Å². The fourth-order valence-electron chi connectivity index (χ4n) is 3.89. The van der Waals surface area contributed by atoms with E-state index in [9.17, 15) is 19.7 Å². The number of para-hydroxylation sites is 1. The molecule has 9 heteroatoms. The van der Waals surface area contributed by atoms with Crippen LogP contribution in [-0.4, -0.2) is 27.0 Å². The molecule has 0 unspecified atom stereocenters. The van der Waals surface area contributed by atoms with Crippen LogP contribution < -0.4 is 10.7 Å². The molecule has 34 heavy (non-hydrogen) atoms. The maximum Gasteiger partial charge on any atom is 0.271 e. The van der Waals surface area contributed by atoms with Gasteiger partial charge in [-0.25, -0.2) is 5.43 Å². The largest absolute Gasteiger partial charge is 0.341 e. The molecule has 0 aliphatic rings. The number of nitro groups is 1. The molecule has 0 saturated heterocycles. The summed E-state index contributed by atoms with van der Waals surface area (Å²) in [5, 5.41) is 19.8. The summed E-state index contributed by atoms with van der Waals surface area (Å²) in [7, 11) is 0. The minimum absolute atomic E-state index is 0.00466. The van der Waals surface area contributed by atoms with E-state index in [0.717, 1.165) is 28.4 Å². The number of anilines is 1. The Hall–Kier alpha value is -4.53. The smallest absolute Gasteiger partial charge is 0.271 e. The Kier molecular flexibility index (Phi) is 6.35. The van der Waals surface area contributed by atoms with Crippen LogP contribution in [0.1, 0.15) is 30.6 Å². The van der Waals surface area contributed by atoms with Gasteiger partial charge in [-0.3, -0.25) is 19.7 Å². The van der Waals surface area contributed by atoms with Crippen molar-refractivity contribution in [3.05, 3.63) is 82.4 Å². The van der Waals surface area contributed by atoms with Crippen LogP contribution in [0.25, 0.3) is 21.8 Å². The molecular weight excluding hydrogens is 434 g/mol. The minimum atomic E-state index is -0.540. The Bertz CT molecular complexity index is 1440. The van der Waals surface area contributed by atoms with Crippen LogP contribution in [0.5, 0.6) is 0 Å². The van der Waals surface area contributed by atoms with Gasteiger partial charge in [0.25, 0.3) is 11.6 Å². The van der Waals surface area contributed by atoms with Gasteiger partial charge in [0.1, 0.15) is 0 Å². The van der Waals surface area contributed by atoms with Crippen molar-refractivity contribution in [1.29, 1.82) is 0 Å². The van der Waals surface area contributed by atoms with Gasteiger partial charge in [0.2, 0.25) is 5.91 Å². The van der Waals surface area contributed by atoms with Crippen LogP contribution in [0.15, 0.2) is 71.8 Å². The van der Waals surface area contributed by atoms with Crippen LogP contribution in [0, 0.1) is 10.1 Å². The summed E-state index contributed by atoms with van der Waals surface area (Å²) >= 11 is 0. The highest BCUT2D eigenvalue weighted by Gasteiger charge is 2.12. The molecule has 0 fully saturated rings. The number of aromatic nitrogens is 1. The van der Waals surface area contributed by atoms with E-state index in [1.165, 1.54) is 24.3 Å². The fourth-order valence-corrected chi connectivity index (χ4v) is 3.89. The van der Waals surface area contributed by atoms with Crippen LogP contribution >= 0.6 is 0 Å². The number of aryl methyl sites for hydroxylation is 1. The quantitative estimate of drug-likeness (QED) is 0.234. The summed E-state index contributed by atoms with van der Waals surface area (Å²) in [6.07, 6.45) is -0.00466. The van der Waals surface area contributed by atoms with Gasteiger partial charge in [-0.15, -0.1) is 0 Å². The number of rotatable bonds is 7. The normalized spacial score (nSPS) is 11.5. The molecule has 0 saturated carbocycles. The van der Waals surface area contributed by atoms with E-state index in [1.807, 2.05) is 30.3 Å². The Morgan fingerprint density at radius 2 is 1.71 bits per heavy atom. The van der Waals surface area contributed by atoms with Crippen molar-refractivity contribution in [2.24, 2.45) is 5.10 Å². The second-order valence-electron chi connectivity index (χ2n) is 7.81. The first-order valence-corrected chi connectivity index (χ1v) is 10.8. The van der Waals surface area contributed by atoms with Gasteiger partial charge < -0.3 is 9.88 Å². The topological polar surface area (TPSA) is 119 Å². The van der Waals surface area contributed by atoms with E-state index in [4.69, 9.17) is 0 Å². The summed E-state index contributed by atoms with van der Waals surface area (Å²) in [4.78, 5) is 34.9. The van der Waals surface area contributed by atoms with Gasteiger partial charge in [-0.05, 0) is 50.2 Å². The summed E-state index contributed by atoms with van der Waals surface area (Å²) in [5.41, 5.74) is 5.83. The molecule has 9 nitrogen and oxygen atoms in total. The first kappa shape index (κ1) is 22.7. The highest BCUT2D eigenvalue weighted by Crippen LogP contribution is 2.31. The second-order valence-corrected chi connectivity index (χ2v) is 7.81. The molecule has 0 atom stereocenters. The molecule has 2 amide bonds. The minimum Gasteiger partial charge on any atom is -0.341 e. The molecule has 3 aromatic carbocycles. The van der Waals surface area contributed by atoms with E-state index in [0.29, 0.717) is 11.4 Å². The third-order valence-electron chi connectivity index (χ3n) is 5.48. The number of non-ortho nitro benzene ring substituents is 1. The van der Waals surface area contributed by atoms with E-state index in [-0.39, 0.29) is 23.6 Å². The van der Waals surface area contributed by atoms with Crippen molar-refractivity contribution in [2.45, 2.75) is 26.8 Å². The van der Waals surface area contributed by atoms with Gasteiger partial charge >= 0.3 is 0 Å². The van der Waals surface area contributed by atoms with Gasteiger partial charge in [0.05, 0.1) is 11.3 Å². The zero-order valence-corrected chi connectivity index (χ0v) is 18.7. The molecular formula is C25H23N5O4. The monoisotopic (exact) mass is 457 g/mol. The standard InChI is InChI=1S/C25H23N5O4/c1-3-29-22-7-5-4-6-20(22)21-15-18(10-13-23(21)29)26-24(31)14-16(2)27-28-25(32)17-8-11-19(12-9-17)30(33)34/h4-13,15H,3,14H2,1-2H3,(H,26,31)(H,28,32)/b27-16+. The lowest BCUT2D eigenvalue weighted by molar-refractivity contribution is -0.384. The van der Waals surface area contributed by atoms with E-state index < -0.39 is 10.8 Å². The molecule has 4 aromatic rings. The van der Waals surface area contributed by atoms with Crippen molar-refractivity contribution in [3.8, 4) is 0 Å². The van der Waals surface area contributed by atoms with Crippen molar-refractivity contribution < 1.29 is 14.5 Å². The van der Waals surface area contributed by atoms with E-state index in [1.54, 1.807) is 6.92 Å². The molecule has 172 valence electrons. The summed E-state index contributed by atoms with van der Waals surface area (Å²) in [6.45, 7) is 4.58. The molecule has 1 heterocycles. The number of nitrogens with zero attached hydrogens (tertiary/aromatic N) is 3. The molecule has 0 aliphatic carbocycles. The van der Waals surface area contributed by atoms with Crippen molar-refractivity contribution >= 4 is 50.7 Å². The average Bonchev–Trinajstić information content (AvgIpc) is 3.15. The van der Waals surface area contributed by atoms with Gasteiger partial charge in [-0.2, -0.15) is 5.10 Å². The fraction of sp³-hybridized carbons (Fsp3) is 0.160. The van der Waals surface area contributed by atoms with Crippen molar-refractivity contribution in [3.63, 3.8) is 0 Å². The molecule has 0 aliphatic heterocycles. The number of hydrogen-bond acceptors (Lipinski definition) is 5.